The number of hydrogen-bond acceptors (Lipinski definition) is 7. The van der Waals surface area contributed by atoms with Gasteiger partial charge in [-0.05, 0) is 55.0 Å². The third-order valence-corrected chi connectivity index (χ3v) is 6.46. The first-order valence-corrected chi connectivity index (χ1v) is 10.6. The highest BCUT2D eigenvalue weighted by Crippen LogP contribution is 2.49. The Morgan fingerprint density at radius 3 is 2.38 bits per heavy atom. The van der Waals surface area contributed by atoms with Gasteiger partial charge >= 0.3 is 0 Å². The van der Waals surface area contributed by atoms with E-state index in [9.17, 15) is 14.9 Å². The monoisotopic (exact) mass is 435 g/mol. The Kier molecular flexibility index (Phi) is 4.44. The van der Waals surface area contributed by atoms with E-state index >= 15 is 0 Å². The minimum absolute atomic E-state index is 0.0119. The van der Waals surface area contributed by atoms with Crippen molar-refractivity contribution < 1.29 is 19.2 Å². The number of fused-ring (bicyclic) bond motifs is 2. The van der Waals surface area contributed by atoms with E-state index in [0.29, 0.717) is 35.5 Å². The number of nitro groups is 1. The molecule has 8 nitrogen and oxygen atoms in total. The van der Waals surface area contributed by atoms with Crippen LogP contribution in [0.25, 0.3) is 0 Å². The van der Waals surface area contributed by atoms with Gasteiger partial charge in [-0.1, -0.05) is 13.8 Å². The minimum Gasteiger partial charge on any atom is -0.454 e. The smallest absolute Gasteiger partial charge is 0.279 e. The Morgan fingerprint density at radius 1 is 1.03 bits per heavy atom. The zero-order valence-electron chi connectivity index (χ0n) is 18.5. The average molecular weight is 435 g/mol. The molecule has 2 aromatic carbocycles. The summed E-state index contributed by atoms with van der Waals surface area (Å²) < 4.78 is 10.9. The van der Waals surface area contributed by atoms with Crippen LogP contribution in [0.2, 0.25) is 0 Å². The van der Waals surface area contributed by atoms with Crippen LogP contribution in [0.1, 0.15) is 49.4 Å². The van der Waals surface area contributed by atoms with E-state index in [0.717, 1.165) is 28.2 Å². The second-order valence-electron chi connectivity index (χ2n) is 9.54. The van der Waals surface area contributed by atoms with E-state index in [1.165, 1.54) is 6.07 Å². The highest BCUT2D eigenvalue weighted by molar-refractivity contribution is 6.01. The number of hydrogen-bond donors (Lipinski definition) is 2. The average Bonchev–Trinajstić information content (AvgIpc) is 3.09. The lowest BCUT2D eigenvalue weighted by molar-refractivity contribution is -0.385. The molecule has 2 heterocycles. The number of aryl methyl sites for hydroxylation is 2. The lowest BCUT2D eigenvalue weighted by Gasteiger charge is -2.34. The van der Waals surface area contributed by atoms with Crippen LogP contribution in [0.3, 0.4) is 0 Å². The number of nitro benzene ring substituents is 1. The second kappa shape index (κ2) is 6.98. The number of Topliss-reactive ketones (excluding diaryl/α,β-unsaturated/α-hetero) is 1. The van der Waals surface area contributed by atoms with Gasteiger partial charge in [0.05, 0.1) is 34.0 Å². The summed E-state index contributed by atoms with van der Waals surface area (Å²) in [5, 5.41) is 18.9. The van der Waals surface area contributed by atoms with Gasteiger partial charge in [-0.2, -0.15) is 0 Å². The highest BCUT2D eigenvalue weighted by Gasteiger charge is 2.41. The third-order valence-electron chi connectivity index (χ3n) is 6.46. The molecule has 3 aliphatic rings. The number of allylic oxidation sites excluding steroid dienone is 1. The number of carbonyl (C=O) groups excluding carboxylic acids is 1. The molecule has 0 saturated carbocycles. The Balaban J connectivity index is 1.75. The van der Waals surface area contributed by atoms with Crippen molar-refractivity contribution in [1.29, 1.82) is 0 Å². The lowest BCUT2D eigenvalue weighted by atomic mass is 9.73. The molecule has 0 aromatic heterocycles. The maximum absolute atomic E-state index is 13.4. The molecule has 0 fully saturated rings. The molecule has 0 radical (unpaired) electrons. The van der Waals surface area contributed by atoms with E-state index in [4.69, 9.17) is 9.47 Å². The zero-order valence-corrected chi connectivity index (χ0v) is 18.5. The number of nitrogens with one attached hydrogen (secondary N) is 2. The molecule has 0 unspecified atom stereocenters. The van der Waals surface area contributed by atoms with Crippen LogP contribution in [-0.4, -0.2) is 17.5 Å². The summed E-state index contributed by atoms with van der Waals surface area (Å²) >= 11 is 0. The summed E-state index contributed by atoms with van der Waals surface area (Å²) in [7, 11) is 0. The quantitative estimate of drug-likeness (QED) is 0.496. The number of benzene rings is 2. The molecule has 2 aliphatic heterocycles. The van der Waals surface area contributed by atoms with Gasteiger partial charge in [-0.25, -0.2) is 0 Å². The van der Waals surface area contributed by atoms with Crippen LogP contribution in [0.15, 0.2) is 35.5 Å². The van der Waals surface area contributed by atoms with Crippen LogP contribution in [0.4, 0.5) is 17.1 Å². The van der Waals surface area contributed by atoms with Crippen molar-refractivity contribution in [2.75, 3.05) is 17.4 Å². The van der Waals surface area contributed by atoms with Crippen molar-refractivity contribution in [3.05, 3.63) is 62.3 Å². The van der Waals surface area contributed by atoms with Crippen molar-refractivity contribution in [3.63, 3.8) is 0 Å². The molecule has 2 aromatic rings. The van der Waals surface area contributed by atoms with E-state index in [1.807, 2.05) is 26.0 Å². The summed E-state index contributed by atoms with van der Waals surface area (Å²) in [6.07, 6.45) is 1.04. The van der Waals surface area contributed by atoms with Crippen LogP contribution in [-0.2, 0) is 4.79 Å². The first kappa shape index (κ1) is 20.4. The van der Waals surface area contributed by atoms with Gasteiger partial charge in [0, 0.05) is 17.7 Å². The molecule has 0 spiro atoms. The molecule has 0 saturated heterocycles. The number of carbonyl (C=O) groups is 1. The molecule has 1 atom stereocenters. The predicted octanol–water partition coefficient (Wildman–Crippen LogP) is 5.16. The number of ether oxygens (including phenoxy) is 2. The maximum Gasteiger partial charge on any atom is 0.279 e. The van der Waals surface area contributed by atoms with E-state index in [1.54, 1.807) is 6.07 Å². The van der Waals surface area contributed by atoms with E-state index in [-0.39, 0.29) is 23.7 Å². The van der Waals surface area contributed by atoms with Crippen molar-refractivity contribution >= 4 is 22.8 Å². The fraction of sp³-hybridized carbons (Fsp3) is 0.375. The summed E-state index contributed by atoms with van der Waals surface area (Å²) in [6, 6.07) is 6.38. The first-order valence-electron chi connectivity index (χ1n) is 10.6. The first-order chi connectivity index (χ1) is 15.1. The molecule has 32 heavy (non-hydrogen) atoms. The predicted molar refractivity (Wildman–Crippen MR) is 120 cm³/mol. The number of anilines is 2. The molecule has 8 heteroatoms. The van der Waals surface area contributed by atoms with E-state index < -0.39 is 11.0 Å². The number of nitrogens with zero attached hydrogens (tertiary/aromatic N) is 1. The fourth-order valence-electron chi connectivity index (χ4n) is 4.78. The number of rotatable bonds is 2. The Hall–Kier alpha value is -3.55. The van der Waals surface area contributed by atoms with E-state index in [2.05, 4.69) is 24.5 Å². The van der Waals surface area contributed by atoms with Gasteiger partial charge in [0.25, 0.3) is 5.69 Å². The van der Waals surface area contributed by atoms with Crippen LogP contribution < -0.4 is 20.1 Å². The summed E-state index contributed by atoms with van der Waals surface area (Å²) in [6.45, 7) is 8.19. The summed E-state index contributed by atoms with van der Waals surface area (Å²) in [4.78, 5) is 25.0. The van der Waals surface area contributed by atoms with Crippen molar-refractivity contribution in [2.24, 2.45) is 5.41 Å². The summed E-state index contributed by atoms with van der Waals surface area (Å²) in [5.41, 5.74) is 5.27. The molecule has 5 rings (SSSR count). The van der Waals surface area contributed by atoms with Gasteiger partial charge in [0.1, 0.15) is 0 Å². The van der Waals surface area contributed by atoms with Crippen LogP contribution in [0, 0.1) is 29.4 Å². The third kappa shape index (κ3) is 3.26. The molecule has 0 bridgehead atoms. The minimum atomic E-state index is -0.695. The van der Waals surface area contributed by atoms with Gasteiger partial charge < -0.3 is 20.1 Å². The lowest BCUT2D eigenvalue weighted by Crippen LogP contribution is -2.31. The number of ketones is 1. The fourth-order valence-corrected chi connectivity index (χ4v) is 4.78. The second-order valence-corrected chi connectivity index (χ2v) is 9.54. The molecule has 1 aliphatic carbocycles. The Morgan fingerprint density at radius 2 is 1.69 bits per heavy atom. The standard InChI is InChI=1S/C24H25N3O5/c1-12-5-15-16(6-13(12)2)26-23(22-17(25-15)9-24(3,4)10-19(22)28)14-7-20-21(32-11-31-20)8-18(14)27(29)30/h5-8,23,25-26H,9-11H2,1-4H3/t23-/m1/s1. The molecule has 166 valence electrons. The normalized spacial score (nSPS) is 20.6. The largest absolute Gasteiger partial charge is 0.454 e. The van der Waals surface area contributed by atoms with Gasteiger partial charge in [-0.15, -0.1) is 0 Å². The summed E-state index contributed by atoms with van der Waals surface area (Å²) in [5.74, 6) is 0.759. The highest BCUT2D eigenvalue weighted by atomic mass is 16.7. The van der Waals surface area contributed by atoms with Crippen molar-refractivity contribution in [1.82, 2.24) is 0 Å². The molecule has 0 amide bonds. The zero-order chi connectivity index (χ0) is 22.8. The SMILES string of the molecule is Cc1cc2c(cc1C)N[C@H](c1cc3c(cc1[N+](=O)[O-])OCO3)C1=C(CC(C)(C)CC1=O)N2. The van der Waals surface area contributed by atoms with Gasteiger partial charge in [0.15, 0.2) is 17.3 Å². The van der Waals surface area contributed by atoms with Crippen molar-refractivity contribution in [2.45, 2.75) is 46.6 Å². The Bertz CT molecular complexity index is 1210. The van der Waals surface area contributed by atoms with Gasteiger partial charge in [0.2, 0.25) is 6.79 Å². The topological polar surface area (TPSA) is 103 Å². The van der Waals surface area contributed by atoms with Crippen molar-refractivity contribution in [3.8, 4) is 11.5 Å². The van der Waals surface area contributed by atoms with Crippen LogP contribution in [0.5, 0.6) is 11.5 Å². The molecule has 2 N–H and O–H groups in total. The maximum atomic E-state index is 13.4. The molecular formula is C24H25N3O5. The van der Waals surface area contributed by atoms with Crippen LogP contribution >= 0.6 is 0 Å². The Labute approximate surface area is 185 Å². The van der Waals surface area contributed by atoms with Gasteiger partial charge in [-0.3, -0.25) is 14.9 Å². The molecular weight excluding hydrogens is 410 g/mol.